The van der Waals surface area contributed by atoms with Crippen molar-refractivity contribution in [3.8, 4) is 5.88 Å². The Kier molecular flexibility index (Phi) is 5.88. The number of nitrogens with zero attached hydrogens (tertiary/aromatic N) is 1. The van der Waals surface area contributed by atoms with Crippen LogP contribution in [0, 0.1) is 0 Å². The summed E-state index contributed by atoms with van der Waals surface area (Å²) in [7, 11) is 0. The van der Waals surface area contributed by atoms with Gasteiger partial charge in [-0.15, -0.1) is 11.6 Å². The van der Waals surface area contributed by atoms with Crippen molar-refractivity contribution in [3.05, 3.63) is 22.8 Å². The molecule has 1 aromatic rings. The molecule has 0 atom stereocenters. The van der Waals surface area contributed by atoms with Gasteiger partial charge in [0.05, 0.1) is 29.3 Å². The Morgan fingerprint density at radius 2 is 2.06 bits per heavy atom. The fourth-order valence-electron chi connectivity index (χ4n) is 1.07. The van der Waals surface area contributed by atoms with Gasteiger partial charge in [-0.3, -0.25) is 0 Å². The lowest BCUT2D eigenvalue weighted by atomic mass is 10.4. The van der Waals surface area contributed by atoms with Crippen molar-refractivity contribution in [1.82, 2.24) is 4.98 Å². The van der Waals surface area contributed by atoms with Gasteiger partial charge in [-0.05, 0) is 19.9 Å². The fraction of sp³-hybridized carbons (Fsp3) is 0.545. The first-order valence-corrected chi connectivity index (χ1v) is 6.00. The van der Waals surface area contributed by atoms with Gasteiger partial charge in [-0.2, -0.15) is 0 Å². The molecule has 1 rings (SSSR count). The van der Waals surface area contributed by atoms with Crippen LogP contribution in [-0.2, 0) is 10.6 Å². The number of pyridine rings is 1. The second-order valence-electron chi connectivity index (χ2n) is 3.48. The zero-order valence-corrected chi connectivity index (χ0v) is 10.9. The lowest BCUT2D eigenvalue weighted by Crippen LogP contribution is -2.12. The highest BCUT2D eigenvalue weighted by molar-refractivity contribution is 6.32. The van der Waals surface area contributed by atoms with Crippen molar-refractivity contribution in [2.45, 2.75) is 25.8 Å². The van der Waals surface area contributed by atoms with E-state index in [9.17, 15) is 0 Å². The average molecular weight is 264 g/mol. The minimum atomic E-state index is 0.208. The van der Waals surface area contributed by atoms with Crippen LogP contribution in [0.4, 0.5) is 0 Å². The van der Waals surface area contributed by atoms with Crippen molar-refractivity contribution in [2.24, 2.45) is 0 Å². The molecule has 0 aliphatic carbocycles. The van der Waals surface area contributed by atoms with Gasteiger partial charge in [0.25, 0.3) is 0 Å². The minimum absolute atomic E-state index is 0.208. The summed E-state index contributed by atoms with van der Waals surface area (Å²) in [5, 5.41) is 0.556. The van der Waals surface area contributed by atoms with Crippen LogP contribution in [-0.4, -0.2) is 24.3 Å². The van der Waals surface area contributed by atoms with Crippen LogP contribution in [0.2, 0.25) is 5.02 Å². The summed E-state index contributed by atoms with van der Waals surface area (Å²) in [6.07, 6.45) is 0.208. The average Bonchev–Trinajstić information content (AvgIpc) is 2.26. The van der Waals surface area contributed by atoms with Gasteiger partial charge in [0, 0.05) is 6.07 Å². The topological polar surface area (TPSA) is 31.4 Å². The van der Waals surface area contributed by atoms with Crippen molar-refractivity contribution in [3.63, 3.8) is 0 Å². The van der Waals surface area contributed by atoms with Gasteiger partial charge in [0.2, 0.25) is 5.88 Å². The van der Waals surface area contributed by atoms with Crippen LogP contribution in [0.3, 0.4) is 0 Å². The normalized spacial score (nSPS) is 10.8. The SMILES string of the molecule is CC(C)OCCOc1ccc(Cl)c(CCl)n1. The molecule has 0 spiro atoms. The third-order valence-corrected chi connectivity index (χ3v) is 2.40. The highest BCUT2D eigenvalue weighted by Crippen LogP contribution is 2.19. The molecule has 1 heterocycles. The fourth-order valence-corrected chi connectivity index (χ4v) is 1.51. The molecule has 90 valence electrons. The van der Waals surface area contributed by atoms with Crippen LogP contribution >= 0.6 is 23.2 Å². The molecule has 16 heavy (non-hydrogen) atoms. The Balaban J connectivity index is 2.42. The van der Waals surface area contributed by atoms with Gasteiger partial charge in [0.1, 0.15) is 6.61 Å². The van der Waals surface area contributed by atoms with E-state index in [-0.39, 0.29) is 12.0 Å². The number of hydrogen-bond acceptors (Lipinski definition) is 3. The smallest absolute Gasteiger partial charge is 0.213 e. The molecule has 5 heteroatoms. The number of aromatic nitrogens is 1. The molecule has 3 nitrogen and oxygen atoms in total. The molecule has 0 amide bonds. The van der Waals surface area contributed by atoms with Gasteiger partial charge in [0.15, 0.2) is 0 Å². The molecule has 0 saturated heterocycles. The molecule has 0 saturated carbocycles. The predicted molar refractivity (Wildman–Crippen MR) is 65.4 cm³/mol. The highest BCUT2D eigenvalue weighted by Gasteiger charge is 2.03. The molecule has 0 aromatic carbocycles. The first-order valence-electron chi connectivity index (χ1n) is 5.09. The Morgan fingerprint density at radius 1 is 1.31 bits per heavy atom. The maximum Gasteiger partial charge on any atom is 0.213 e. The molecule has 0 radical (unpaired) electrons. The Hall–Kier alpha value is -0.510. The molecule has 1 aromatic heterocycles. The minimum Gasteiger partial charge on any atom is -0.475 e. The molecule has 0 N–H and O–H groups in total. The molecule has 0 aliphatic heterocycles. The van der Waals surface area contributed by atoms with Gasteiger partial charge >= 0.3 is 0 Å². The van der Waals surface area contributed by atoms with Crippen LogP contribution in [0.1, 0.15) is 19.5 Å². The van der Waals surface area contributed by atoms with Crippen molar-refractivity contribution in [2.75, 3.05) is 13.2 Å². The molecule has 0 bridgehead atoms. The van der Waals surface area contributed by atoms with E-state index in [4.69, 9.17) is 32.7 Å². The maximum absolute atomic E-state index is 5.87. The van der Waals surface area contributed by atoms with Crippen LogP contribution in [0.25, 0.3) is 0 Å². The highest BCUT2D eigenvalue weighted by atomic mass is 35.5. The first-order chi connectivity index (χ1) is 7.63. The van der Waals surface area contributed by atoms with E-state index in [1.807, 2.05) is 13.8 Å². The predicted octanol–water partition coefficient (Wildman–Crippen LogP) is 3.28. The van der Waals surface area contributed by atoms with E-state index >= 15 is 0 Å². The van der Waals surface area contributed by atoms with Gasteiger partial charge in [-0.1, -0.05) is 11.6 Å². The molecular formula is C11H15Cl2NO2. The third kappa shape index (κ3) is 4.56. The van der Waals surface area contributed by atoms with E-state index in [1.54, 1.807) is 12.1 Å². The largest absolute Gasteiger partial charge is 0.475 e. The molecule has 0 unspecified atom stereocenters. The van der Waals surface area contributed by atoms with Crippen LogP contribution < -0.4 is 4.74 Å². The summed E-state index contributed by atoms with van der Waals surface area (Å²) in [6.45, 7) is 4.96. The Morgan fingerprint density at radius 3 is 2.69 bits per heavy atom. The Bertz CT molecular complexity index is 332. The summed E-state index contributed by atoms with van der Waals surface area (Å²) < 4.78 is 10.7. The van der Waals surface area contributed by atoms with Gasteiger partial charge < -0.3 is 9.47 Å². The van der Waals surface area contributed by atoms with Crippen LogP contribution in [0.15, 0.2) is 12.1 Å². The third-order valence-electron chi connectivity index (χ3n) is 1.80. The summed E-state index contributed by atoms with van der Waals surface area (Å²) >= 11 is 11.6. The lowest BCUT2D eigenvalue weighted by molar-refractivity contribution is 0.0542. The zero-order valence-electron chi connectivity index (χ0n) is 9.37. The Labute approximate surface area is 106 Å². The number of ether oxygens (including phenoxy) is 2. The number of alkyl halides is 1. The van der Waals surface area contributed by atoms with Crippen molar-refractivity contribution in [1.29, 1.82) is 0 Å². The second kappa shape index (κ2) is 6.94. The maximum atomic E-state index is 5.87. The van der Waals surface area contributed by atoms with Gasteiger partial charge in [-0.25, -0.2) is 4.98 Å². The van der Waals surface area contributed by atoms with E-state index in [0.717, 1.165) is 0 Å². The standard InChI is InChI=1S/C11H15Cl2NO2/c1-8(2)15-5-6-16-11-4-3-9(13)10(7-12)14-11/h3-4,8H,5-7H2,1-2H3. The van der Waals surface area contributed by atoms with E-state index in [0.29, 0.717) is 29.8 Å². The zero-order chi connectivity index (χ0) is 12.0. The quantitative estimate of drug-likeness (QED) is 0.583. The first kappa shape index (κ1) is 13.6. The summed E-state index contributed by atoms with van der Waals surface area (Å²) in [5.74, 6) is 0.797. The number of halogens is 2. The second-order valence-corrected chi connectivity index (χ2v) is 4.15. The van der Waals surface area contributed by atoms with Crippen molar-refractivity contribution < 1.29 is 9.47 Å². The van der Waals surface area contributed by atoms with E-state index in [2.05, 4.69) is 4.98 Å². The monoisotopic (exact) mass is 263 g/mol. The molecular weight excluding hydrogens is 249 g/mol. The van der Waals surface area contributed by atoms with E-state index in [1.165, 1.54) is 0 Å². The number of hydrogen-bond donors (Lipinski definition) is 0. The van der Waals surface area contributed by atoms with Crippen molar-refractivity contribution >= 4 is 23.2 Å². The van der Waals surface area contributed by atoms with E-state index < -0.39 is 0 Å². The molecule has 0 fully saturated rings. The molecule has 0 aliphatic rings. The summed E-state index contributed by atoms with van der Waals surface area (Å²) in [4.78, 5) is 4.17. The van der Waals surface area contributed by atoms with Crippen LogP contribution in [0.5, 0.6) is 5.88 Å². The summed E-state index contributed by atoms with van der Waals surface area (Å²) in [5.41, 5.74) is 0.630. The number of rotatable bonds is 6. The summed E-state index contributed by atoms with van der Waals surface area (Å²) in [6, 6.07) is 3.44. The lowest BCUT2D eigenvalue weighted by Gasteiger charge is -2.09.